The highest BCUT2D eigenvalue weighted by atomic mass is 14.9. The van der Waals surface area contributed by atoms with E-state index < -0.39 is 0 Å². The summed E-state index contributed by atoms with van der Waals surface area (Å²) >= 11 is 0. The lowest BCUT2D eigenvalue weighted by molar-refractivity contribution is 0.228. The van der Waals surface area contributed by atoms with Crippen LogP contribution in [0.4, 0.5) is 0 Å². The SMILES string of the molecule is CC1CC(C)CC(NC(C)c2cccc3ccccc23)C1. The van der Waals surface area contributed by atoms with Crippen molar-refractivity contribution in [1.29, 1.82) is 0 Å². The molecule has 112 valence electrons. The zero-order valence-electron chi connectivity index (χ0n) is 13.5. The van der Waals surface area contributed by atoms with Crippen molar-refractivity contribution >= 4 is 10.8 Å². The molecule has 1 fully saturated rings. The van der Waals surface area contributed by atoms with Crippen LogP contribution in [0.2, 0.25) is 0 Å². The smallest absolute Gasteiger partial charge is 0.0300 e. The van der Waals surface area contributed by atoms with E-state index in [1.54, 1.807) is 0 Å². The van der Waals surface area contributed by atoms with Gasteiger partial charge < -0.3 is 5.32 Å². The van der Waals surface area contributed by atoms with Gasteiger partial charge in [-0.2, -0.15) is 0 Å². The minimum absolute atomic E-state index is 0.415. The predicted molar refractivity (Wildman–Crippen MR) is 91.5 cm³/mol. The van der Waals surface area contributed by atoms with Crippen LogP contribution >= 0.6 is 0 Å². The van der Waals surface area contributed by atoms with E-state index in [1.807, 2.05) is 0 Å². The molecule has 0 aliphatic heterocycles. The van der Waals surface area contributed by atoms with E-state index in [0.717, 1.165) is 11.8 Å². The van der Waals surface area contributed by atoms with E-state index >= 15 is 0 Å². The fraction of sp³-hybridized carbons (Fsp3) is 0.500. The Morgan fingerprint density at radius 3 is 2.33 bits per heavy atom. The zero-order chi connectivity index (χ0) is 14.8. The van der Waals surface area contributed by atoms with E-state index in [-0.39, 0.29) is 0 Å². The van der Waals surface area contributed by atoms with E-state index in [4.69, 9.17) is 0 Å². The van der Waals surface area contributed by atoms with E-state index in [2.05, 4.69) is 68.6 Å². The van der Waals surface area contributed by atoms with E-state index in [1.165, 1.54) is 35.6 Å². The fourth-order valence-electron chi connectivity index (χ4n) is 4.15. The molecule has 1 heteroatoms. The Morgan fingerprint density at radius 1 is 0.905 bits per heavy atom. The lowest BCUT2D eigenvalue weighted by Crippen LogP contribution is -2.37. The third kappa shape index (κ3) is 3.29. The lowest BCUT2D eigenvalue weighted by Gasteiger charge is -2.34. The van der Waals surface area contributed by atoms with Crippen molar-refractivity contribution in [2.45, 2.75) is 52.1 Å². The van der Waals surface area contributed by atoms with Gasteiger partial charge in [0, 0.05) is 12.1 Å². The van der Waals surface area contributed by atoms with Gasteiger partial charge in [-0.05, 0) is 54.4 Å². The van der Waals surface area contributed by atoms with Crippen LogP contribution in [-0.4, -0.2) is 6.04 Å². The van der Waals surface area contributed by atoms with Crippen LogP contribution in [0.25, 0.3) is 10.8 Å². The Bertz CT molecular complexity index is 588. The summed E-state index contributed by atoms with van der Waals surface area (Å²) in [5.41, 5.74) is 1.43. The Morgan fingerprint density at radius 2 is 1.57 bits per heavy atom. The second kappa shape index (κ2) is 6.19. The van der Waals surface area contributed by atoms with Gasteiger partial charge in [-0.1, -0.05) is 56.3 Å². The molecule has 1 saturated carbocycles. The normalized spacial score (nSPS) is 27.7. The second-order valence-corrected chi connectivity index (χ2v) is 7.07. The molecule has 0 aromatic heterocycles. The number of hydrogen-bond donors (Lipinski definition) is 1. The third-order valence-electron chi connectivity index (χ3n) is 4.95. The summed E-state index contributed by atoms with van der Waals surface area (Å²) < 4.78 is 0. The summed E-state index contributed by atoms with van der Waals surface area (Å²) in [6, 6.07) is 16.5. The van der Waals surface area contributed by atoms with Crippen LogP contribution in [0.3, 0.4) is 0 Å². The maximum absolute atomic E-state index is 3.89. The van der Waals surface area contributed by atoms with Crippen LogP contribution in [0.1, 0.15) is 51.6 Å². The molecule has 2 aromatic carbocycles. The topological polar surface area (TPSA) is 12.0 Å². The van der Waals surface area contributed by atoms with Crippen LogP contribution < -0.4 is 5.32 Å². The summed E-state index contributed by atoms with van der Waals surface area (Å²) in [5, 5.41) is 6.62. The molecule has 1 aliphatic carbocycles. The monoisotopic (exact) mass is 281 g/mol. The van der Waals surface area contributed by atoms with Crippen molar-refractivity contribution in [3.05, 3.63) is 48.0 Å². The van der Waals surface area contributed by atoms with E-state index in [0.29, 0.717) is 12.1 Å². The molecule has 0 saturated heterocycles. The second-order valence-electron chi connectivity index (χ2n) is 7.07. The quantitative estimate of drug-likeness (QED) is 0.803. The largest absolute Gasteiger partial charge is 0.307 e. The van der Waals surface area contributed by atoms with Gasteiger partial charge in [0.15, 0.2) is 0 Å². The van der Waals surface area contributed by atoms with Crippen molar-refractivity contribution in [2.24, 2.45) is 11.8 Å². The van der Waals surface area contributed by atoms with Crippen molar-refractivity contribution in [3.63, 3.8) is 0 Å². The van der Waals surface area contributed by atoms with Crippen LogP contribution in [-0.2, 0) is 0 Å². The minimum atomic E-state index is 0.415. The van der Waals surface area contributed by atoms with Crippen molar-refractivity contribution in [3.8, 4) is 0 Å². The molecule has 1 aliphatic rings. The average Bonchev–Trinajstić information content (AvgIpc) is 2.45. The Balaban J connectivity index is 1.79. The first-order valence-corrected chi connectivity index (χ1v) is 8.37. The summed E-state index contributed by atoms with van der Waals surface area (Å²) in [6.45, 7) is 7.10. The predicted octanol–water partition coefficient (Wildman–Crippen LogP) is 5.32. The van der Waals surface area contributed by atoms with Crippen molar-refractivity contribution in [1.82, 2.24) is 5.32 Å². The van der Waals surface area contributed by atoms with Gasteiger partial charge in [0.2, 0.25) is 0 Å². The van der Waals surface area contributed by atoms with E-state index in [9.17, 15) is 0 Å². The first-order chi connectivity index (χ1) is 10.1. The maximum atomic E-state index is 3.89. The summed E-state index contributed by atoms with van der Waals surface area (Å²) in [4.78, 5) is 0. The molecule has 0 bridgehead atoms. The van der Waals surface area contributed by atoms with Crippen molar-refractivity contribution in [2.75, 3.05) is 0 Å². The standard InChI is InChI=1S/C20H27N/c1-14-11-15(2)13-18(12-14)21-16(3)19-10-6-8-17-7-4-5-9-20(17)19/h4-10,14-16,18,21H,11-13H2,1-3H3. The van der Waals surface area contributed by atoms with Crippen LogP contribution in [0, 0.1) is 11.8 Å². The van der Waals surface area contributed by atoms with Crippen molar-refractivity contribution < 1.29 is 0 Å². The van der Waals surface area contributed by atoms with Gasteiger partial charge in [0.1, 0.15) is 0 Å². The fourth-order valence-corrected chi connectivity index (χ4v) is 4.15. The Hall–Kier alpha value is -1.34. The molecule has 3 unspecified atom stereocenters. The summed E-state index contributed by atoms with van der Waals surface area (Å²) in [7, 11) is 0. The van der Waals surface area contributed by atoms with Gasteiger partial charge >= 0.3 is 0 Å². The molecular weight excluding hydrogens is 254 g/mol. The van der Waals surface area contributed by atoms with Gasteiger partial charge in [0.25, 0.3) is 0 Å². The molecule has 1 N–H and O–H groups in total. The molecule has 0 radical (unpaired) electrons. The van der Waals surface area contributed by atoms with Crippen LogP contribution in [0.5, 0.6) is 0 Å². The van der Waals surface area contributed by atoms with Gasteiger partial charge in [-0.15, -0.1) is 0 Å². The molecule has 0 heterocycles. The highest BCUT2D eigenvalue weighted by Gasteiger charge is 2.25. The molecule has 1 nitrogen and oxygen atoms in total. The zero-order valence-corrected chi connectivity index (χ0v) is 13.5. The highest BCUT2D eigenvalue weighted by molar-refractivity contribution is 5.86. The van der Waals surface area contributed by atoms with Crippen LogP contribution in [0.15, 0.2) is 42.5 Å². The highest BCUT2D eigenvalue weighted by Crippen LogP contribution is 2.31. The number of fused-ring (bicyclic) bond motifs is 1. The first kappa shape index (κ1) is 14.6. The molecule has 3 atom stereocenters. The summed E-state index contributed by atoms with van der Waals surface area (Å²) in [6.07, 6.45) is 4.03. The third-order valence-corrected chi connectivity index (χ3v) is 4.95. The lowest BCUT2D eigenvalue weighted by atomic mass is 9.80. The maximum Gasteiger partial charge on any atom is 0.0300 e. The molecule has 21 heavy (non-hydrogen) atoms. The Kier molecular flexibility index (Phi) is 4.30. The van der Waals surface area contributed by atoms with Gasteiger partial charge in [0.05, 0.1) is 0 Å². The number of nitrogens with one attached hydrogen (secondary N) is 1. The number of benzene rings is 2. The van der Waals surface area contributed by atoms with Gasteiger partial charge in [-0.25, -0.2) is 0 Å². The Labute approximate surface area is 128 Å². The average molecular weight is 281 g/mol. The summed E-state index contributed by atoms with van der Waals surface area (Å²) in [5.74, 6) is 1.71. The molecule has 0 spiro atoms. The first-order valence-electron chi connectivity index (χ1n) is 8.37. The molecule has 0 amide bonds. The molecule has 2 aromatic rings. The molecule has 3 rings (SSSR count). The number of hydrogen-bond acceptors (Lipinski definition) is 1. The van der Waals surface area contributed by atoms with Gasteiger partial charge in [-0.3, -0.25) is 0 Å². The number of rotatable bonds is 3. The molecular formula is C20H27N. The minimum Gasteiger partial charge on any atom is -0.307 e.